The van der Waals surface area contributed by atoms with Gasteiger partial charge in [-0.2, -0.15) is 0 Å². The third-order valence-corrected chi connectivity index (χ3v) is 6.34. The van der Waals surface area contributed by atoms with Crippen LogP contribution in [0.4, 0.5) is 9.52 Å². The van der Waals surface area contributed by atoms with E-state index in [2.05, 4.69) is 25.3 Å². The van der Waals surface area contributed by atoms with Crippen molar-refractivity contribution in [3.05, 3.63) is 70.4 Å². The molecule has 8 nitrogen and oxygen atoms in total. The Kier molecular flexibility index (Phi) is 5.36. The normalized spacial score (nSPS) is 15.9. The lowest BCUT2D eigenvalue weighted by Gasteiger charge is -2.23. The molecule has 0 aliphatic carbocycles. The molecule has 4 heterocycles. The summed E-state index contributed by atoms with van der Waals surface area (Å²) in [6.45, 7) is 1.10. The zero-order chi connectivity index (χ0) is 22.1. The maximum atomic E-state index is 14.1. The molecule has 0 spiro atoms. The van der Waals surface area contributed by atoms with Crippen molar-refractivity contribution in [2.75, 3.05) is 11.4 Å². The van der Waals surface area contributed by atoms with E-state index in [-0.39, 0.29) is 29.0 Å². The molecule has 0 saturated carbocycles. The number of anilines is 1. The number of fused-ring (bicyclic) bond motifs is 1. The Labute approximate surface area is 186 Å². The lowest BCUT2D eigenvalue weighted by molar-refractivity contribution is -0.122. The highest BCUT2D eigenvalue weighted by Crippen LogP contribution is 2.32. The predicted molar refractivity (Wildman–Crippen MR) is 120 cm³/mol. The fraction of sp³-hybridized carbons (Fsp3) is 0.227. The van der Waals surface area contributed by atoms with Gasteiger partial charge in [-0.05, 0) is 30.5 Å². The molecule has 0 bridgehead atoms. The topological polar surface area (TPSA) is 104 Å². The number of rotatable bonds is 5. The van der Waals surface area contributed by atoms with Crippen molar-refractivity contribution in [2.45, 2.75) is 25.4 Å². The van der Waals surface area contributed by atoms with Gasteiger partial charge in [-0.25, -0.2) is 19.3 Å². The van der Waals surface area contributed by atoms with Crippen LogP contribution in [0.25, 0.3) is 21.9 Å². The lowest BCUT2D eigenvalue weighted by Crippen LogP contribution is -2.43. The highest BCUT2D eigenvalue weighted by atomic mass is 32.1. The Morgan fingerprint density at radius 1 is 1.22 bits per heavy atom. The first kappa shape index (κ1) is 20.3. The van der Waals surface area contributed by atoms with Crippen LogP contribution < -0.4 is 15.8 Å². The van der Waals surface area contributed by atoms with Crippen LogP contribution in [0.5, 0.6) is 0 Å². The van der Waals surface area contributed by atoms with E-state index in [0.717, 1.165) is 12.0 Å². The minimum absolute atomic E-state index is 0.0270. The van der Waals surface area contributed by atoms with E-state index in [1.807, 2.05) is 35.2 Å². The van der Waals surface area contributed by atoms with Gasteiger partial charge in [0.1, 0.15) is 11.7 Å². The number of thiazole rings is 1. The fourth-order valence-corrected chi connectivity index (χ4v) is 4.80. The monoisotopic (exact) mass is 450 g/mol. The number of aromatic nitrogens is 4. The molecular formula is C22H19FN6O2S. The number of carbonyl (C=O) groups excluding carboxylic acids is 1. The van der Waals surface area contributed by atoms with Gasteiger partial charge in [0.05, 0.1) is 0 Å². The van der Waals surface area contributed by atoms with Gasteiger partial charge in [-0.15, -0.1) is 0 Å². The summed E-state index contributed by atoms with van der Waals surface area (Å²) >= 11 is 1.21. The molecule has 4 aromatic rings. The second kappa shape index (κ2) is 8.46. The van der Waals surface area contributed by atoms with Crippen molar-refractivity contribution < 1.29 is 9.18 Å². The van der Waals surface area contributed by atoms with Gasteiger partial charge in [-0.1, -0.05) is 41.7 Å². The Morgan fingerprint density at radius 2 is 2.06 bits per heavy atom. The molecule has 1 atom stereocenters. The second-order valence-electron chi connectivity index (χ2n) is 7.45. The first-order valence-corrected chi connectivity index (χ1v) is 11.0. The third-order valence-electron chi connectivity index (χ3n) is 5.35. The summed E-state index contributed by atoms with van der Waals surface area (Å²) in [5.74, 6) is -0.604. The van der Waals surface area contributed by atoms with Crippen LogP contribution in [0.2, 0.25) is 0 Å². The Bertz CT molecular complexity index is 1340. The summed E-state index contributed by atoms with van der Waals surface area (Å²) in [5.41, 5.74) is 0.693. The maximum Gasteiger partial charge on any atom is 0.278 e. The van der Waals surface area contributed by atoms with Gasteiger partial charge in [-0.3, -0.25) is 9.59 Å². The molecule has 1 amide bonds. The molecule has 1 saturated heterocycles. The minimum Gasteiger partial charge on any atom is -0.350 e. The van der Waals surface area contributed by atoms with E-state index in [1.165, 1.54) is 29.7 Å². The molecule has 32 heavy (non-hydrogen) atoms. The second-order valence-corrected chi connectivity index (χ2v) is 8.41. The number of hydrogen-bond donors (Lipinski definition) is 2. The minimum atomic E-state index is -0.575. The van der Waals surface area contributed by atoms with Crippen LogP contribution >= 0.6 is 11.3 Å². The molecular weight excluding hydrogens is 431 g/mol. The molecule has 5 rings (SSSR count). The van der Waals surface area contributed by atoms with E-state index in [9.17, 15) is 14.0 Å². The van der Waals surface area contributed by atoms with Crippen LogP contribution in [0, 0.1) is 5.82 Å². The van der Waals surface area contributed by atoms with Crippen molar-refractivity contribution in [2.24, 2.45) is 0 Å². The molecule has 1 aromatic carbocycles. The molecule has 3 aromatic heterocycles. The van der Waals surface area contributed by atoms with Crippen molar-refractivity contribution >= 4 is 32.7 Å². The fourth-order valence-electron chi connectivity index (χ4n) is 3.79. The van der Waals surface area contributed by atoms with E-state index in [1.54, 1.807) is 0 Å². The number of carbonyl (C=O) groups is 1. The standard InChI is InChI=1S/C22H19FN6O2S/c23-14-8-4-10-24-16(14)18-27-20(31)17-21(28-18)32-22(26-17)29-11-5-9-15(29)19(30)25-12-13-6-2-1-3-7-13/h1-4,6-8,10,15H,5,9,11-12H2,(H,25,30)(H,27,28,31). The first-order valence-electron chi connectivity index (χ1n) is 10.2. The van der Waals surface area contributed by atoms with Crippen LogP contribution in [-0.2, 0) is 11.3 Å². The largest absolute Gasteiger partial charge is 0.350 e. The van der Waals surface area contributed by atoms with Gasteiger partial charge in [0.15, 0.2) is 27.1 Å². The van der Waals surface area contributed by atoms with Crippen molar-refractivity contribution in [1.29, 1.82) is 0 Å². The van der Waals surface area contributed by atoms with Crippen LogP contribution in [0.1, 0.15) is 18.4 Å². The Hall–Kier alpha value is -3.66. The summed E-state index contributed by atoms with van der Waals surface area (Å²) in [6, 6.07) is 12.1. The molecule has 1 unspecified atom stereocenters. The van der Waals surface area contributed by atoms with Gasteiger partial charge in [0.25, 0.3) is 5.56 Å². The highest BCUT2D eigenvalue weighted by Gasteiger charge is 2.33. The van der Waals surface area contributed by atoms with Crippen molar-refractivity contribution in [1.82, 2.24) is 25.3 Å². The SMILES string of the molecule is O=C(NCc1ccccc1)C1CCCN1c1nc2c(=O)[nH]c(-c3ncccc3F)nc2s1. The van der Waals surface area contributed by atoms with Gasteiger partial charge in [0, 0.05) is 19.3 Å². The molecule has 10 heteroatoms. The van der Waals surface area contributed by atoms with Gasteiger partial charge >= 0.3 is 0 Å². The number of benzene rings is 1. The molecule has 0 radical (unpaired) electrons. The summed E-state index contributed by atoms with van der Waals surface area (Å²) < 4.78 is 14.1. The van der Waals surface area contributed by atoms with Crippen molar-refractivity contribution in [3.63, 3.8) is 0 Å². The molecule has 1 aliphatic heterocycles. The molecule has 162 valence electrons. The lowest BCUT2D eigenvalue weighted by atomic mass is 10.2. The quantitative estimate of drug-likeness (QED) is 0.485. The van der Waals surface area contributed by atoms with Gasteiger partial charge in [0.2, 0.25) is 5.91 Å². The number of halogens is 1. The molecule has 2 N–H and O–H groups in total. The van der Waals surface area contributed by atoms with Crippen LogP contribution in [0.3, 0.4) is 0 Å². The average Bonchev–Trinajstić information content (AvgIpc) is 3.46. The number of nitrogens with one attached hydrogen (secondary N) is 2. The number of hydrogen-bond acceptors (Lipinski definition) is 7. The van der Waals surface area contributed by atoms with E-state index >= 15 is 0 Å². The third kappa shape index (κ3) is 3.84. The number of nitrogens with zero attached hydrogens (tertiary/aromatic N) is 4. The van der Waals surface area contributed by atoms with Crippen LogP contribution in [0.15, 0.2) is 53.5 Å². The Morgan fingerprint density at radius 3 is 2.88 bits per heavy atom. The summed E-state index contributed by atoms with van der Waals surface area (Å²) in [7, 11) is 0. The molecule has 1 fully saturated rings. The maximum absolute atomic E-state index is 14.1. The number of aromatic amines is 1. The predicted octanol–water partition coefficient (Wildman–Crippen LogP) is 2.87. The van der Waals surface area contributed by atoms with E-state index in [4.69, 9.17) is 0 Å². The highest BCUT2D eigenvalue weighted by molar-refractivity contribution is 7.21. The average molecular weight is 450 g/mol. The summed E-state index contributed by atoms with van der Waals surface area (Å²) in [6.07, 6.45) is 2.97. The first-order chi connectivity index (χ1) is 15.6. The number of pyridine rings is 1. The Balaban J connectivity index is 1.41. The smallest absolute Gasteiger partial charge is 0.278 e. The van der Waals surface area contributed by atoms with Crippen LogP contribution in [-0.4, -0.2) is 38.4 Å². The zero-order valence-electron chi connectivity index (χ0n) is 16.9. The van der Waals surface area contributed by atoms with Crippen molar-refractivity contribution in [3.8, 4) is 11.5 Å². The number of amides is 1. The van der Waals surface area contributed by atoms with E-state index in [0.29, 0.717) is 29.5 Å². The number of H-pyrrole nitrogens is 1. The molecule has 1 aliphatic rings. The summed E-state index contributed by atoms with van der Waals surface area (Å²) in [5, 5.41) is 3.54. The van der Waals surface area contributed by atoms with E-state index < -0.39 is 11.4 Å². The zero-order valence-corrected chi connectivity index (χ0v) is 17.7. The van der Waals surface area contributed by atoms with Gasteiger partial charge < -0.3 is 15.2 Å². The summed E-state index contributed by atoms with van der Waals surface area (Å²) in [4.78, 5) is 43.1.